The summed E-state index contributed by atoms with van der Waals surface area (Å²) in [5, 5.41) is 6.67. The van der Waals surface area contributed by atoms with Gasteiger partial charge in [-0.15, -0.1) is 0 Å². The maximum atomic E-state index is 12.3. The second-order valence-corrected chi connectivity index (χ2v) is 5.53. The Balaban J connectivity index is 2.57. The molecule has 0 unspecified atom stereocenters. The molecule has 0 radical (unpaired) electrons. The maximum Gasteiger partial charge on any atom is 0.351 e. The average molecular weight is 316 g/mol. The highest BCUT2D eigenvalue weighted by molar-refractivity contribution is 5.91. The van der Waals surface area contributed by atoms with Gasteiger partial charge >= 0.3 is 5.69 Å². The van der Waals surface area contributed by atoms with E-state index in [0.717, 1.165) is 21.2 Å². The van der Waals surface area contributed by atoms with Crippen molar-refractivity contribution in [1.29, 1.82) is 0 Å². The molecule has 7 nitrogen and oxygen atoms in total. The van der Waals surface area contributed by atoms with Gasteiger partial charge in [-0.05, 0) is 32.4 Å². The van der Waals surface area contributed by atoms with Crippen molar-refractivity contribution in [2.75, 3.05) is 0 Å². The molecule has 0 aliphatic heterocycles. The van der Waals surface area contributed by atoms with Crippen LogP contribution in [0.2, 0.25) is 0 Å². The normalized spacial score (nSPS) is 12.0. The number of aryl methyl sites for hydroxylation is 1. The van der Waals surface area contributed by atoms with Gasteiger partial charge in [0.2, 0.25) is 5.69 Å². The molecule has 7 heteroatoms. The van der Waals surface area contributed by atoms with Gasteiger partial charge in [0.25, 0.3) is 11.5 Å². The molecule has 2 aromatic rings. The summed E-state index contributed by atoms with van der Waals surface area (Å²) < 4.78 is 1.95. The fourth-order valence-corrected chi connectivity index (χ4v) is 1.96. The Morgan fingerprint density at radius 2 is 1.87 bits per heavy atom. The molecular weight excluding hydrogens is 296 g/mol. The Labute approximate surface area is 133 Å². The number of aromatic nitrogens is 3. The lowest BCUT2D eigenvalue weighted by molar-refractivity contribution is 0.0929. The summed E-state index contributed by atoms with van der Waals surface area (Å²) in [7, 11) is 1.33. The zero-order chi connectivity index (χ0) is 17.1. The van der Waals surface area contributed by atoms with Crippen molar-refractivity contribution >= 4 is 5.91 Å². The summed E-state index contributed by atoms with van der Waals surface area (Å²) >= 11 is 0. The third kappa shape index (κ3) is 3.39. The first-order chi connectivity index (χ1) is 10.8. The summed E-state index contributed by atoms with van der Waals surface area (Å²) in [4.78, 5) is 36.7. The van der Waals surface area contributed by atoms with Crippen LogP contribution < -0.4 is 16.6 Å². The molecule has 1 heterocycles. The van der Waals surface area contributed by atoms with Gasteiger partial charge in [-0.3, -0.25) is 14.2 Å². The fourth-order valence-electron chi connectivity index (χ4n) is 1.96. The van der Waals surface area contributed by atoms with E-state index in [2.05, 4.69) is 10.4 Å². The topological polar surface area (TPSA) is 86.0 Å². The van der Waals surface area contributed by atoms with Crippen molar-refractivity contribution in [3.05, 3.63) is 56.4 Å². The molecule has 122 valence electrons. The number of nitrogens with zero attached hydrogens (tertiary/aromatic N) is 3. The van der Waals surface area contributed by atoms with Crippen molar-refractivity contribution in [1.82, 2.24) is 19.7 Å². The van der Waals surface area contributed by atoms with Crippen LogP contribution in [0.3, 0.4) is 0 Å². The minimum atomic E-state index is -0.709. The molecule has 0 aliphatic carbocycles. The van der Waals surface area contributed by atoms with Crippen LogP contribution in [-0.2, 0) is 7.05 Å². The first-order valence-electron chi connectivity index (χ1n) is 7.43. The van der Waals surface area contributed by atoms with E-state index in [1.807, 2.05) is 32.9 Å². The molecule has 0 saturated heterocycles. The molecule has 23 heavy (non-hydrogen) atoms. The van der Waals surface area contributed by atoms with E-state index in [1.165, 1.54) is 7.05 Å². The predicted molar refractivity (Wildman–Crippen MR) is 87.0 cm³/mol. The quantitative estimate of drug-likeness (QED) is 0.902. The Kier molecular flexibility index (Phi) is 4.78. The molecule has 0 fully saturated rings. The van der Waals surface area contributed by atoms with Gasteiger partial charge in [-0.1, -0.05) is 24.6 Å². The Hall–Kier alpha value is -2.70. The van der Waals surface area contributed by atoms with Gasteiger partial charge in [0.15, 0.2) is 0 Å². The first kappa shape index (κ1) is 16.7. The molecule has 1 N–H and O–H groups in total. The monoisotopic (exact) mass is 316 g/mol. The Morgan fingerprint density at radius 1 is 1.26 bits per heavy atom. The van der Waals surface area contributed by atoms with Crippen LogP contribution in [0.5, 0.6) is 0 Å². The summed E-state index contributed by atoms with van der Waals surface area (Å²) in [5.41, 5.74) is -0.0822. The second-order valence-electron chi connectivity index (χ2n) is 5.53. The number of nitrogens with one attached hydrogen (secondary N) is 1. The van der Waals surface area contributed by atoms with Gasteiger partial charge in [-0.2, -0.15) is 9.78 Å². The SMILES string of the molecule is CC[C@@H](C)NC(=O)c1nn(-c2ccc(C)cc2)c(=O)n(C)c1=O. The smallest absolute Gasteiger partial charge is 0.348 e. The Morgan fingerprint density at radius 3 is 2.43 bits per heavy atom. The first-order valence-corrected chi connectivity index (χ1v) is 7.43. The van der Waals surface area contributed by atoms with Crippen LogP contribution in [0.25, 0.3) is 5.69 Å². The predicted octanol–water partition coefficient (Wildman–Crippen LogP) is 0.768. The summed E-state index contributed by atoms with van der Waals surface area (Å²) in [6.45, 7) is 5.67. The van der Waals surface area contributed by atoms with E-state index < -0.39 is 17.2 Å². The molecule has 1 amide bonds. The largest absolute Gasteiger partial charge is 0.351 e. The summed E-state index contributed by atoms with van der Waals surface area (Å²) in [5.74, 6) is -0.583. The highest BCUT2D eigenvalue weighted by Gasteiger charge is 2.19. The van der Waals surface area contributed by atoms with Crippen molar-refractivity contribution in [2.24, 2.45) is 7.05 Å². The number of benzene rings is 1. The van der Waals surface area contributed by atoms with Crippen LogP contribution in [0.1, 0.15) is 36.3 Å². The van der Waals surface area contributed by atoms with Crippen LogP contribution in [0.4, 0.5) is 0 Å². The number of hydrogen-bond donors (Lipinski definition) is 1. The van der Waals surface area contributed by atoms with E-state index in [-0.39, 0.29) is 11.7 Å². The zero-order valence-electron chi connectivity index (χ0n) is 13.7. The van der Waals surface area contributed by atoms with Gasteiger partial charge < -0.3 is 5.32 Å². The third-order valence-electron chi connectivity index (χ3n) is 3.66. The number of carbonyl (C=O) groups excluding carboxylic acids is 1. The summed E-state index contributed by atoms with van der Waals surface area (Å²) in [6.07, 6.45) is 0.726. The Bertz CT molecular complexity index is 834. The van der Waals surface area contributed by atoms with E-state index in [4.69, 9.17) is 0 Å². The molecule has 0 saturated carbocycles. The van der Waals surface area contributed by atoms with E-state index in [1.54, 1.807) is 12.1 Å². The minimum absolute atomic E-state index is 0.0891. The number of amides is 1. The molecule has 0 spiro atoms. The van der Waals surface area contributed by atoms with Gasteiger partial charge in [-0.25, -0.2) is 4.79 Å². The van der Waals surface area contributed by atoms with Gasteiger partial charge in [0.1, 0.15) is 0 Å². The molecule has 1 aromatic carbocycles. The van der Waals surface area contributed by atoms with Crippen molar-refractivity contribution in [2.45, 2.75) is 33.2 Å². The lowest BCUT2D eigenvalue weighted by Crippen LogP contribution is -2.45. The highest BCUT2D eigenvalue weighted by atomic mass is 16.2. The summed E-state index contributed by atoms with van der Waals surface area (Å²) in [6, 6.07) is 6.99. The molecule has 2 rings (SSSR count). The zero-order valence-corrected chi connectivity index (χ0v) is 13.7. The number of rotatable bonds is 4. The van der Waals surface area contributed by atoms with Gasteiger partial charge in [0.05, 0.1) is 5.69 Å². The van der Waals surface area contributed by atoms with Crippen LogP contribution in [0.15, 0.2) is 33.9 Å². The van der Waals surface area contributed by atoms with Crippen LogP contribution >= 0.6 is 0 Å². The van der Waals surface area contributed by atoms with E-state index >= 15 is 0 Å². The number of carbonyl (C=O) groups is 1. The fraction of sp³-hybridized carbons (Fsp3) is 0.375. The standard InChI is InChI=1S/C16H20N4O3/c1-5-11(3)17-14(21)13-15(22)19(4)16(23)20(18-13)12-8-6-10(2)7-9-12/h6-9,11H,5H2,1-4H3,(H,17,21)/t11-/m1/s1. The molecule has 0 aliphatic rings. The lowest BCUT2D eigenvalue weighted by atomic mass is 10.2. The van der Waals surface area contributed by atoms with E-state index in [9.17, 15) is 14.4 Å². The highest BCUT2D eigenvalue weighted by Crippen LogP contribution is 2.05. The third-order valence-corrected chi connectivity index (χ3v) is 3.66. The molecular formula is C16H20N4O3. The van der Waals surface area contributed by atoms with Crippen LogP contribution in [-0.4, -0.2) is 26.3 Å². The molecule has 1 aromatic heterocycles. The van der Waals surface area contributed by atoms with Gasteiger partial charge in [0, 0.05) is 13.1 Å². The molecule has 1 atom stereocenters. The lowest BCUT2D eigenvalue weighted by Gasteiger charge is -2.12. The molecule has 0 bridgehead atoms. The average Bonchev–Trinajstić information content (AvgIpc) is 2.53. The van der Waals surface area contributed by atoms with Crippen molar-refractivity contribution in [3.8, 4) is 5.69 Å². The number of hydrogen-bond acceptors (Lipinski definition) is 4. The van der Waals surface area contributed by atoms with E-state index in [0.29, 0.717) is 5.69 Å². The van der Waals surface area contributed by atoms with Crippen molar-refractivity contribution in [3.63, 3.8) is 0 Å². The second kappa shape index (κ2) is 6.60. The maximum absolute atomic E-state index is 12.3. The van der Waals surface area contributed by atoms with Crippen LogP contribution in [0, 0.1) is 6.92 Å². The van der Waals surface area contributed by atoms with Crippen molar-refractivity contribution < 1.29 is 4.79 Å². The minimum Gasteiger partial charge on any atom is -0.348 e.